The third-order valence-electron chi connectivity index (χ3n) is 4.77. The molecule has 1 N–H and O–H groups in total. The van der Waals surface area contributed by atoms with Crippen LogP contribution in [0.2, 0.25) is 0 Å². The topological polar surface area (TPSA) is 91.3 Å². The Morgan fingerprint density at radius 1 is 0.595 bits per heavy atom. The van der Waals surface area contributed by atoms with E-state index in [1.165, 1.54) is 0 Å². The summed E-state index contributed by atoms with van der Waals surface area (Å²) in [6.07, 6.45) is -22.5. The molecule has 2 aromatic rings. The molecule has 19 heteroatoms. The number of carbonyl (C=O) groups is 2. The molecule has 2 rings (SSSR count). The van der Waals surface area contributed by atoms with Crippen molar-refractivity contribution < 1.29 is 86.3 Å². The summed E-state index contributed by atoms with van der Waals surface area (Å²) >= 11 is 0. The fraction of sp³-hybridized carbons (Fsp3) is 0.391. The largest absolute Gasteiger partial charge is 0.482 e. The zero-order chi connectivity index (χ0) is 32.1. The van der Waals surface area contributed by atoms with Crippen LogP contribution in [0, 0.1) is 0 Å². The maximum absolute atomic E-state index is 12.9. The minimum absolute atomic E-state index is 0.176. The summed E-state index contributed by atoms with van der Waals surface area (Å²) in [5.41, 5.74) is -6.92. The highest BCUT2D eigenvalue weighted by atomic mass is 19.4. The molecule has 2 aromatic carbocycles. The number of aliphatic hydroxyl groups is 1. The van der Waals surface area contributed by atoms with Gasteiger partial charge in [-0.3, -0.25) is 0 Å². The van der Waals surface area contributed by atoms with Gasteiger partial charge in [0, 0.05) is 0 Å². The van der Waals surface area contributed by atoms with Crippen LogP contribution in [0.4, 0.5) is 52.7 Å². The van der Waals surface area contributed by atoms with E-state index in [-0.39, 0.29) is 36.4 Å². The number of benzene rings is 2. The average Bonchev–Trinajstić information content (AvgIpc) is 2.86. The van der Waals surface area contributed by atoms with Gasteiger partial charge in [0.15, 0.2) is 19.3 Å². The maximum Gasteiger partial charge on any atom is 0.416 e. The number of alkyl halides is 12. The first-order valence-corrected chi connectivity index (χ1v) is 10.9. The van der Waals surface area contributed by atoms with E-state index in [0.29, 0.717) is 0 Å². The smallest absolute Gasteiger partial charge is 0.416 e. The SMILES string of the molecule is O=C(COc1cc(C(F)(F)F)cc(C(F)(F)F)c1)OCC(CO)OC(=O)COc1cc(C(F)(F)F)cc(C(F)(F)F)c1. The van der Waals surface area contributed by atoms with Gasteiger partial charge in [0.2, 0.25) is 0 Å². The van der Waals surface area contributed by atoms with Crippen molar-refractivity contribution in [2.75, 3.05) is 26.4 Å². The van der Waals surface area contributed by atoms with Crippen molar-refractivity contribution in [2.24, 2.45) is 0 Å². The molecule has 234 valence electrons. The van der Waals surface area contributed by atoms with Crippen molar-refractivity contribution in [1.29, 1.82) is 0 Å². The highest BCUT2D eigenvalue weighted by Crippen LogP contribution is 2.39. The predicted molar refractivity (Wildman–Crippen MR) is 112 cm³/mol. The van der Waals surface area contributed by atoms with Gasteiger partial charge in [-0.25, -0.2) is 9.59 Å². The quantitative estimate of drug-likeness (QED) is 0.267. The van der Waals surface area contributed by atoms with Crippen molar-refractivity contribution in [3.05, 3.63) is 58.7 Å². The molecule has 0 saturated carbocycles. The summed E-state index contributed by atoms with van der Waals surface area (Å²) in [5.74, 6) is -4.87. The second-order valence-corrected chi connectivity index (χ2v) is 8.04. The van der Waals surface area contributed by atoms with E-state index in [1.54, 1.807) is 0 Å². The first kappa shape index (κ1) is 34.3. The van der Waals surface area contributed by atoms with Crippen LogP contribution in [-0.2, 0) is 43.8 Å². The van der Waals surface area contributed by atoms with Gasteiger partial charge in [0.1, 0.15) is 18.1 Å². The lowest BCUT2D eigenvalue weighted by atomic mass is 10.1. The minimum atomic E-state index is -5.20. The Bertz CT molecular complexity index is 1190. The fourth-order valence-corrected chi connectivity index (χ4v) is 2.88. The van der Waals surface area contributed by atoms with Crippen LogP contribution in [0.25, 0.3) is 0 Å². The predicted octanol–water partition coefficient (Wildman–Crippen LogP) is 5.67. The Balaban J connectivity index is 1.95. The Kier molecular flexibility index (Phi) is 10.6. The summed E-state index contributed by atoms with van der Waals surface area (Å²) in [6, 6.07) is 0.349. The summed E-state index contributed by atoms with van der Waals surface area (Å²) in [4.78, 5) is 23.7. The van der Waals surface area contributed by atoms with Gasteiger partial charge in [0.25, 0.3) is 0 Å². The van der Waals surface area contributed by atoms with E-state index in [4.69, 9.17) is 0 Å². The van der Waals surface area contributed by atoms with Crippen molar-refractivity contribution in [1.82, 2.24) is 0 Å². The van der Waals surface area contributed by atoms with Gasteiger partial charge in [-0.05, 0) is 36.4 Å². The van der Waals surface area contributed by atoms with Crippen LogP contribution < -0.4 is 9.47 Å². The zero-order valence-electron chi connectivity index (χ0n) is 20.3. The lowest BCUT2D eigenvalue weighted by Crippen LogP contribution is -2.31. The Morgan fingerprint density at radius 3 is 1.24 bits per heavy atom. The minimum Gasteiger partial charge on any atom is -0.482 e. The molecule has 7 nitrogen and oxygen atoms in total. The molecule has 0 amide bonds. The molecule has 0 fully saturated rings. The van der Waals surface area contributed by atoms with Gasteiger partial charge in [0.05, 0.1) is 28.9 Å². The van der Waals surface area contributed by atoms with Crippen molar-refractivity contribution in [2.45, 2.75) is 30.8 Å². The van der Waals surface area contributed by atoms with E-state index in [2.05, 4.69) is 18.9 Å². The van der Waals surface area contributed by atoms with Crippen LogP contribution in [0.5, 0.6) is 11.5 Å². The monoisotopic (exact) mass is 632 g/mol. The summed E-state index contributed by atoms with van der Waals surface area (Å²) < 4.78 is 173. The third kappa shape index (κ3) is 10.5. The van der Waals surface area contributed by atoms with E-state index in [0.717, 1.165) is 0 Å². The van der Waals surface area contributed by atoms with E-state index in [9.17, 15) is 67.4 Å². The van der Waals surface area contributed by atoms with Crippen molar-refractivity contribution in [3.63, 3.8) is 0 Å². The number of esters is 2. The Hall–Kier alpha value is -3.90. The second-order valence-electron chi connectivity index (χ2n) is 8.04. The van der Waals surface area contributed by atoms with E-state index >= 15 is 0 Å². The van der Waals surface area contributed by atoms with Crippen LogP contribution in [0.15, 0.2) is 36.4 Å². The summed E-state index contributed by atoms with van der Waals surface area (Å²) in [7, 11) is 0. The number of halogens is 12. The van der Waals surface area contributed by atoms with Crippen molar-refractivity contribution >= 4 is 11.9 Å². The first-order valence-electron chi connectivity index (χ1n) is 10.9. The van der Waals surface area contributed by atoms with E-state index in [1.807, 2.05) is 0 Å². The average molecular weight is 632 g/mol. The molecule has 0 aliphatic rings. The molecular weight excluding hydrogens is 616 g/mol. The van der Waals surface area contributed by atoms with Crippen molar-refractivity contribution in [3.8, 4) is 11.5 Å². The standard InChI is InChI=1S/C23H16F12O7/c24-20(25,26)11-1-12(21(27,28)29)4-15(3-11)39-9-18(37)41-8-17(7-36)42-19(38)10-40-16-5-13(22(30,31)32)2-14(6-16)23(33,34)35/h1-6,17,36H,7-10H2. The van der Waals surface area contributed by atoms with E-state index < -0.39 is 103 Å². The molecule has 0 aliphatic carbocycles. The molecule has 0 bridgehead atoms. The van der Waals surface area contributed by atoms with Gasteiger partial charge in [-0.1, -0.05) is 0 Å². The van der Waals surface area contributed by atoms with Gasteiger partial charge in [-0.15, -0.1) is 0 Å². The van der Waals surface area contributed by atoms with Gasteiger partial charge in [-0.2, -0.15) is 52.7 Å². The van der Waals surface area contributed by atoms with Crippen LogP contribution in [-0.4, -0.2) is 49.6 Å². The summed E-state index contributed by atoms with van der Waals surface area (Å²) in [5, 5.41) is 9.24. The number of hydrogen-bond donors (Lipinski definition) is 1. The molecule has 1 atom stereocenters. The van der Waals surface area contributed by atoms with Gasteiger partial charge < -0.3 is 24.1 Å². The number of aliphatic hydroxyl groups excluding tert-OH is 1. The number of rotatable bonds is 10. The number of hydrogen-bond acceptors (Lipinski definition) is 7. The molecular formula is C23H16F12O7. The molecule has 0 aromatic heterocycles. The zero-order valence-corrected chi connectivity index (χ0v) is 20.3. The van der Waals surface area contributed by atoms with Crippen LogP contribution in [0.1, 0.15) is 22.3 Å². The molecule has 0 saturated heterocycles. The molecule has 1 unspecified atom stereocenters. The highest BCUT2D eigenvalue weighted by Gasteiger charge is 2.38. The lowest BCUT2D eigenvalue weighted by molar-refractivity contribution is -0.163. The molecule has 0 aliphatic heterocycles. The normalized spacial score (nSPS) is 13.4. The Labute approximate surface area is 226 Å². The van der Waals surface area contributed by atoms with Crippen LogP contribution >= 0.6 is 0 Å². The first-order chi connectivity index (χ1) is 19.1. The second kappa shape index (κ2) is 13.0. The number of carbonyl (C=O) groups excluding carboxylic acids is 2. The Morgan fingerprint density at radius 2 is 0.929 bits per heavy atom. The molecule has 0 heterocycles. The molecule has 0 radical (unpaired) electrons. The third-order valence-corrected chi connectivity index (χ3v) is 4.77. The van der Waals surface area contributed by atoms with Gasteiger partial charge >= 0.3 is 36.6 Å². The maximum atomic E-state index is 12.9. The lowest BCUT2D eigenvalue weighted by Gasteiger charge is -2.17. The summed E-state index contributed by atoms with van der Waals surface area (Å²) in [6.45, 7) is -4.50. The molecule has 0 spiro atoms. The van der Waals surface area contributed by atoms with Crippen LogP contribution in [0.3, 0.4) is 0 Å². The highest BCUT2D eigenvalue weighted by molar-refractivity contribution is 5.72. The fourth-order valence-electron chi connectivity index (χ4n) is 2.88. The molecule has 42 heavy (non-hydrogen) atoms. The number of ether oxygens (including phenoxy) is 4.